The molecule has 19 heavy (non-hydrogen) atoms. The molecule has 4 nitrogen and oxygen atoms in total. The van der Waals surface area contributed by atoms with Crippen LogP contribution in [0.1, 0.15) is 15.9 Å². The van der Waals surface area contributed by atoms with Crippen LogP contribution < -0.4 is 10.5 Å². The lowest BCUT2D eigenvalue weighted by molar-refractivity contribution is 0.0692. The Morgan fingerprint density at radius 2 is 1.89 bits per heavy atom. The number of anilines is 1. The van der Waals surface area contributed by atoms with Crippen molar-refractivity contribution >= 4 is 23.3 Å². The van der Waals surface area contributed by atoms with Crippen LogP contribution in [0, 0.1) is 0 Å². The van der Waals surface area contributed by atoms with Gasteiger partial charge < -0.3 is 15.6 Å². The Balaban J connectivity index is 2.16. The van der Waals surface area contributed by atoms with E-state index in [2.05, 4.69) is 0 Å². The third-order valence-electron chi connectivity index (χ3n) is 2.54. The van der Waals surface area contributed by atoms with Crippen LogP contribution in [0.15, 0.2) is 42.5 Å². The van der Waals surface area contributed by atoms with E-state index >= 15 is 0 Å². The zero-order chi connectivity index (χ0) is 13.8. The molecular formula is C14H12ClNO3. The number of carbonyl (C=O) groups is 1. The molecule has 0 fully saturated rings. The first-order valence-corrected chi connectivity index (χ1v) is 5.94. The quantitative estimate of drug-likeness (QED) is 0.842. The molecule has 0 unspecified atom stereocenters. The van der Waals surface area contributed by atoms with Crippen molar-refractivity contribution in [3.05, 3.63) is 58.6 Å². The number of nitrogens with two attached hydrogens (primary N) is 1. The van der Waals surface area contributed by atoms with Crippen molar-refractivity contribution in [1.29, 1.82) is 0 Å². The number of halogens is 1. The second-order valence-corrected chi connectivity index (χ2v) is 4.41. The molecule has 5 heteroatoms. The number of hydrogen-bond donors (Lipinski definition) is 2. The lowest BCUT2D eigenvalue weighted by Gasteiger charge is -2.10. The summed E-state index contributed by atoms with van der Waals surface area (Å²) in [6.07, 6.45) is 0. The monoisotopic (exact) mass is 277 g/mol. The Bertz CT molecular complexity index is 596. The summed E-state index contributed by atoms with van der Waals surface area (Å²) in [5.74, 6) is -0.798. The molecule has 3 N–H and O–H groups in total. The molecule has 0 aliphatic heterocycles. The maximum atomic E-state index is 11.1. The Morgan fingerprint density at radius 3 is 2.53 bits per heavy atom. The van der Waals surface area contributed by atoms with E-state index in [1.165, 1.54) is 18.2 Å². The Hall–Kier alpha value is -2.20. The molecule has 2 aromatic carbocycles. The second kappa shape index (κ2) is 5.63. The van der Waals surface area contributed by atoms with Gasteiger partial charge in [-0.25, -0.2) is 4.79 Å². The average molecular weight is 278 g/mol. The minimum Gasteiger partial charge on any atom is -0.488 e. The van der Waals surface area contributed by atoms with E-state index < -0.39 is 5.97 Å². The van der Waals surface area contributed by atoms with Gasteiger partial charge in [0.05, 0.1) is 0 Å². The van der Waals surface area contributed by atoms with Gasteiger partial charge in [0.2, 0.25) is 0 Å². The predicted molar refractivity (Wildman–Crippen MR) is 73.6 cm³/mol. The van der Waals surface area contributed by atoms with Crippen LogP contribution in [0.3, 0.4) is 0 Å². The minimum atomic E-state index is -1.05. The Kier molecular flexibility index (Phi) is 3.92. The number of aromatic carboxylic acids is 1. The van der Waals surface area contributed by atoms with E-state index in [9.17, 15) is 4.79 Å². The van der Waals surface area contributed by atoms with Crippen LogP contribution in [0.2, 0.25) is 5.02 Å². The number of nitrogen functional groups attached to an aromatic ring is 1. The van der Waals surface area contributed by atoms with E-state index in [0.29, 0.717) is 10.7 Å². The number of carboxylic acid groups (broad SMARTS) is 1. The van der Waals surface area contributed by atoms with Gasteiger partial charge in [-0.15, -0.1) is 0 Å². The second-order valence-electron chi connectivity index (χ2n) is 3.98. The molecular weight excluding hydrogens is 266 g/mol. The van der Waals surface area contributed by atoms with Gasteiger partial charge in [-0.3, -0.25) is 0 Å². The van der Waals surface area contributed by atoms with Gasteiger partial charge in [-0.1, -0.05) is 23.7 Å². The summed E-state index contributed by atoms with van der Waals surface area (Å²) in [6, 6.07) is 11.6. The van der Waals surface area contributed by atoms with E-state index in [-0.39, 0.29) is 17.9 Å². The lowest BCUT2D eigenvalue weighted by Crippen LogP contribution is -2.04. The molecule has 0 spiro atoms. The third kappa shape index (κ3) is 3.39. The van der Waals surface area contributed by atoms with E-state index in [4.69, 9.17) is 27.2 Å². The van der Waals surface area contributed by atoms with Crippen LogP contribution in [0.5, 0.6) is 5.75 Å². The third-order valence-corrected chi connectivity index (χ3v) is 2.80. The Labute approximate surface area is 115 Å². The number of carboxylic acids is 1. The normalized spacial score (nSPS) is 10.2. The smallest absolute Gasteiger partial charge is 0.339 e. The van der Waals surface area contributed by atoms with Crippen molar-refractivity contribution in [2.24, 2.45) is 0 Å². The topological polar surface area (TPSA) is 72.6 Å². The zero-order valence-corrected chi connectivity index (χ0v) is 10.7. The van der Waals surface area contributed by atoms with Gasteiger partial charge in [0.25, 0.3) is 0 Å². The molecule has 0 atom stereocenters. The van der Waals surface area contributed by atoms with Crippen molar-refractivity contribution in [3.8, 4) is 5.75 Å². The summed E-state index contributed by atoms with van der Waals surface area (Å²) in [6.45, 7) is 0.251. The van der Waals surface area contributed by atoms with Gasteiger partial charge in [-0.2, -0.15) is 0 Å². The van der Waals surface area contributed by atoms with E-state index in [1.807, 2.05) is 12.1 Å². The fourth-order valence-electron chi connectivity index (χ4n) is 1.58. The highest BCUT2D eigenvalue weighted by atomic mass is 35.5. The molecule has 0 amide bonds. The fourth-order valence-corrected chi connectivity index (χ4v) is 1.70. The van der Waals surface area contributed by atoms with Crippen LogP contribution in [-0.2, 0) is 6.61 Å². The number of hydrogen-bond acceptors (Lipinski definition) is 3. The minimum absolute atomic E-state index is 0.0863. The number of rotatable bonds is 4. The van der Waals surface area contributed by atoms with Crippen molar-refractivity contribution < 1.29 is 14.6 Å². The van der Waals surface area contributed by atoms with Gasteiger partial charge >= 0.3 is 5.97 Å². The molecule has 2 rings (SSSR count). The maximum Gasteiger partial charge on any atom is 0.339 e. The lowest BCUT2D eigenvalue weighted by atomic mass is 10.2. The molecule has 0 saturated heterocycles. The summed E-state index contributed by atoms with van der Waals surface area (Å²) < 4.78 is 5.50. The highest BCUT2D eigenvalue weighted by Crippen LogP contribution is 2.23. The van der Waals surface area contributed by atoms with E-state index in [1.54, 1.807) is 12.1 Å². The first-order chi connectivity index (χ1) is 9.06. The summed E-state index contributed by atoms with van der Waals surface area (Å²) in [5.41, 5.74) is 7.06. The maximum absolute atomic E-state index is 11.1. The van der Waals surface area contributed by atoms with Gasteiger partial charge in [0, 0.05) is 16.8 Å². The van der Waals surface area contributed by atoms with E-state index in [0.717, 1.165) is 5.56 Å². The predicted octanol–water partition coefficient (Wildman–Crippen LogP) is 3.20. The fraction of sp³-hybridized carbons (Fsp3) is 0.0714. The van der Waals surface area contributed by atoms with Crippen molar-refractivity contribution in [2.45, 2.75) is 6.61 Å². The van der Waals surface area contributed by atoms with Crippen molar-refractivity contribution in [2.75, 3.05) is 5.73 Å². The summed E-state index contributed by atoms with van der Waals surface area (Å²) in [5, 5.41) is 9.69. The largest absolute Gasteiger partial charge is 0.488 e. The average Bonchev–Trinajstić information content (AvgIpc) is 2.38. The molecule has 0 heterocycles. The van der Waals surface area contributed by atoms with Crippen LogP contribution in [0.4, 0.5) is 5.69 Å². The van der Waals surface area contributed by atoms with Crippen molar-refractivity contribution in [3.63, 3.8) is 0 Å². The summed E-state index contributed by atoms with van der Waals surface area (Å²) in [7, 11) is 0. The highest BCUT2D eigenvalue weighted by molar-refractivity contribution is 6.30. The molecule has 98 valence electrons. The molecule has 0 aliphatic rings. The molecule has 0 bridgehead atoms. The van der Waals surface area contributed by atoms with Crippen molar-refractivity contribution in [1.82, 2.24) is 0 Å². The zero-order valence-electron chi connectivity index (χ0n) is 9.97. The number of ether oxygens (including phenoxy) is 1. The van der Waals surface area contributed by atoms with Gasteiger partial charge in [-0.05, 0) is 29.8 Å². The Morgan fingerprint density at radius 1 is 1.21 bits per heavy atom. The van der Waals surface area contributed by atoms with Gasteiger partial charge in [0.15, 0.2) is 0 Å². The molecule has 0 aromatic heterocycles. The van der Waals surface area contributed by atoms with Crippen LogP contribution in [-0.4, -0.2) is 11.1 Å². The van der Waals surface area contributed by atoms with Crippen LogP contribution >= 0.6 is 11.6 Å². The number of benzene rings is 2. The first-order valence-electron chi connectivity index (χ1n) is 5.56. The van der Waals surface area contributed by atoms with Crippen LogP contribution in [0.25, 0.3) is 0 Å². The first kappa shape index (κ1) is 13.2. The highest BCUT2D eigenvalue weighted by Gasteiger charge is 2.11. The molecule has 0 radical (unpaired) electrons. The summed E-state index contributed by atoms with van der Waals surface area (Å²) >= 11 is 5.78. The standard InChI is InChI=1S/C14H12ClNO3/c15-10-3-1-9(2-4-10)8-19-13-7-11(16)5-6-12(13)14(17)18/h1-7H,8,16H2,(H,17,18). The molecule has 0 saturated carbocycles. The SMILES string of the molecule is Nc1ccc(C(=O)O)c(OCc2ccc(Cl)cc2)c1. The molecule has 0 aliphatic carbocycles. The molecule has 2 aromatic rings. The van der Waals surface area contributed by atoms with Gasteiger partial charge in [0.1, 0.15) is 17.9 Å². The summed E-state index contributed by atoms with van der Waals surface area (Å²) in [4.78, 5) is 11.1.